The van der Waals surface area contributed by atoms with Gasteiger partial charge in [-0.1, -0.05) is 31.2 Å². The van der Waals surface area contributed by atoms with Gasteiger partial charge in [-0.15, -0.1) is 0 Å². The maximum Gasteiger partial charge on any atom is 0.354 e. The summed E-state index contributed by atoms with van der Waals surface area (Å²) >= 11 is 0. The third-order valence-corrected chi connectivity index (χ3v) is 2.96. The van der Waals surface area contributed by atoms with Crippen LogP contribution < -0.4 is 5.32 Å². The van der Waals surface area contributed by atoms with E-state index in [9.17, 15) is 4.79 Å². The van der Waals surface area contributed by atoms with Crippen molar-refractivity contribution in [1.29, 1.82) is 0 Å². The Morgan fingerprint density at radius 3 is 2.45 bits per heavy atom. The van der Waals surface area contributed by atoms with Crippen molar-refractivity contribution in [2.45, 2.75) is 26.8 Å². The van der Waals surface area contributed by atoms with Crippen LogP contribution in [0.15, 0.2) is 30.3 Å². The van der Waals surface area contributed by atoms with Gasteiger partial charge < -0.3 is 10.4 Å². The van der Waals surface area contributed by atoms with Crippen molar-refractivity contribution in [3.8, 4) is 0 Å². The highest BCUT2D eigenvalue weighted by Crippen LogP contribution is 2.09. The molecule has 5 heteroatoms. The summed E-state index contributed by atoms with van der Waals surface area (Å²) < 4.78 is 0. The lowest BCUT2D eigenvalue weighted by Gasteiger charge is -2.07. The molecule has 0 atom stereocenters. The Labute approximate surface area is 117 Å². The van der Waals surface area contributed by atoms with Crippen LogP contribution in [0.4, 0.5) is 5.95 Å². The van der Waals surface area contributed by atoms with E-state index in [1.54, 1.807) is 6.92 Å². The molecule has 1 heterocycles. The second kappa shape index (κ2) is 6.14. The van der Waals surface area contributed by atoms with E-state index in [-0.39, 0.29) is 5.69 Å². The Balaban J connectivity index is 2.08. The van der Waals surface area contributed by atoms with Gasteiger partial charge in [-0.3, -0.25) is 0 Å². The summed E-state index contributed by atoms with van der Waals surface area (Å²) in [6, 6.07) is 9.69. The van der Waals surface area contributed by atoms with Gasteiger partial charge >= 0.3 is 5.97 Å². The third kappa shape index (κ3) is 3.54. The zero-order valence-corrected chi connectivity index (χ0v) is 11.6. The third-order valence-electron chi connectivity index (χ3n) is 2.96. The molecule has 0 saturated carbocycles. The monoisotopic (exact) mass is 271 g/mol. The number of hydrogen-bond donors (Lipinski definition) is 2. The van der Waals surface area contributed by atoms with Crippen molar-refractivity contribution in [3.63, 3.8) is 0 Å². The first-order valence-electron chi connectivity index (χ1n) is 6.49. The van der Waals surface area contributed by atoms with Crippen LogP contribution in [0.1, 0.15) is 34.2 Å². The summed E-state index contributed by atoms with van der Waals surface area (Å²) in [5.41, 5.74) is 3.01. The van der Waals surface area contributed by atoms with Crippen LogP contribution >= 0.6 is 0 Å². The number of aromatic carboxylic acids is 1. The van der Waals surface area contributed by atoms with Crippen molar-refractivity contribution >= 4 is 11.9 Å². The van der Waals surface area contributed by atoms with Gasteiger partial charge in [-0.05, 0) is 30.5 Å². The number of aryl methyl sites for hydroxylation is 2. The van der Waals surface area contributed by atoms with E-state index >= 15 is 0 Å². The fourth-order valence-corrected chi connectivity index (χ4v) is 1.83. The predicted octanol–water partition coefficient (Wildman–Crippen LogP) is 2.66. The SMILES string of the molecule is CCc1ccc(CNc2nc(C)cc(C(=O)O)n2)cc1. The first kappa shape index (κ1) is 14.0. The highest BCUT2D eigenvalue weighted by molar-refractivity contribution is 5.85. The number of rotatable bonds is 5. The normalized spacial score (nSPS) is 10.3. The average molecular weight is 271 g/mol. The number of anilines is 1. The number of carboxylic acid groups (broad SMARTS) is 1. The number of benzene rings is 1. The number of carboxylic acids is 1. The molecule has 0 radical (unpaired) electrons. The summed E-state index contributed by atoms with van der Waals surface area (Å²) in [6.45, 7) is 4.42. The molecule has 0 fully saturated rings. The van der Waals surface area contributed by atoms with E-state index in [0.29, 0.717) is 18.2 Å². The lowest BCUT2D eigenvalue weighted by atomic mass is 10.1. The maximum atomic E-state index is 10.9. The quantitative estimate of drug-likeness (QED) is 0.874. The average Bonchev–Trinajstić information content (AvgIpc) is 2.45. The van der Waals surface area contributed by atoms with E-state index in [0.717, 1.165) is 12.0 Å². The second-order valence-corrected chi connectivity index (χ2v) is 4.55. The van der Waals surface area contributed by atoms with Gasteiger partial charge in [0.05, 0.1) is 0 Å². The number of carbonyl (C=O) groups is 1. The van der Waals surface area contributed by atoms with Crippen LogP contribution in [0.25, 0.3) is 0 Å². The lowest BCUT2D eigenvalue weighted by molar-refractivity contribution is 0.0690. The fraction of sp³-hybridized carbons (Fsp3) is 0.267. The van der Waals surface area contributed by atoms with Crippen molar-refractivity contribution in [2.75, 3.05) is 5.32 Å². The van der Waals surface area contributed by atoms with E-state index < -0.39 is 5.97 Å². The minimum atomic E-state index is -1.05. The van der Waals surface area contributed by atoms with Gasteiger partial charge in [0.2, 0.25) is 5.95 Å². The van der Waals surface area contributed by atoms with Gasteiger partial charge in [0, 0.05) is 12.2 Å². The van der Waals surface area contributed by atoms with Crippen molar-refractivity contribution in [2.24, 2.45) is 0 Å². The number of hydrogen-bond acceptors (Lipinski definition) is 4. The van der Waals surface area contributed by atoms with Crippen LogP contribution in [0, 0.1) is 6.92 Å². The number of aromatic nitrogens is 2. The Hall–Kier alpha value is -2.43. The minimum absolute atomic E-state index is 0.00123. The first-order chi connectivity index (χ1) is 9.58. The van der Waals surface area contributed by atoms with E-state index in [1.165, 1.54) is 11.6 Å². The molecule has 104 valence electrons. The molecule has 0 saturated heterocycles. The van der Waals surface area contributed by atoms with Gasteiger partial charge in [-0.2, -0.15) is 0 Å². The van der Waals surface area contributed by atoms with E-state index in [2.05, 4.69) is 34.3 Å². The Morgan fingerprint density at radius 1 is 1.20 bits per heavy atom. The molecule has 0 bridgehead atoms. The van der Waals surface area contributed by atoms with Gasteiger partial charge in [0.25, 0.3) is 0 Å². The molecule has 2 aromatic rings. The molecule has 5 nitrogen and oxygen atoms in total. The Kier molecular flexibility index (Phi) is 4.30. The van der Waals surface area contributed by atoms with Crippen LogP contribution in [-0.4, -0.2) is 21.0 Å². The van der Waals surface area contributed by atoms with Crippen molar-refractivity contribution < 1.29 is 9.90 Å². The molecule has 0 aliphatic rings. The fourth-order valence-electron chi connectivity index (χ4n) is 1.83. The summed E-state index contributed by atoms with van der Waals surface area (Å²) in [5.74, 6) is -0.715. The smallest absolute Gasteiger partial charge is 0.354 e. The van der Waals surface area contributed by atoms with Crippen LogP contribution in [0.3, 0.4) is 0 Å². The molecular formula is C15H17N3O2. The molecule has 0 aliphatic carbocycles. The second-order valence-electron chi connectivity index (χ2n) is 4.55. The zero-order valence-electron chi connectivity index (χ0n) is 11.6. The molecule has 0 amide bonds. The molecular weight excluding hydrogens is 254 g/mol. The van der Waals surface area contributed by atoms with Crippen molar-refractivity contribution in [1.82, 2.24) is 9.97 Å². The molecule has 20 heavy (non-hydrogen) atoms. The summed E-state index contributed by atoms with van der Waals surface area (Å²) in [5, 5.41) is 12.0. The van der Waals surface area contributed by atoms with Gasteiger partial charge in [0.1, 0.15) is 0 Å². The van der Waals surface area contributed by atoms with Crippen LogP contribution in [0.2, 0.25) is 0 Å². The highest BCUT2D eigenvalue weighted by atomic mass is 16.4. The number of nitrogens with zero attached hydrogens (tertiary/aromatic N) is 2. The van der Waals surface area contributed by atoms with Crippen LogP contribution in [0.5, 0.6) is 0 Å². The minimum Gasteiger partial charge on any atom is -0.477 e. The lowest BCUT2D eigenvalue weighted by Crippen LogP contribution is -2.09. The zero-order chi connectivity index (χ0) is 14.5. The van der Waals surface area contributed by atoms with Crippen LogP contribution in [-0.2, 0) is 13.0 Å². The van der Waals surface area contributed by atoms with Gasteiger partial charge in [-0.25, -0.2) is 14.8 Å². The number of nitrogens with one attached hydrogen (secondary N) is 1. The van der Waals surface area contributed by atoms with E-state index in [4.69, 9.17) is 5.11 Å². The Morgan fingerprint density at radius 2 is 1.85 bits per heavy atom. The summed E-state index contributed by atoms with van der Waals surface area (Å²) in [7, 11) is 0. The summed E-state index contributed by atoms with van der Waals surface area (Å²) in [6.07, 6.45) is 1.01. The molecule has 2 rings (SSSR count). The van der Waals surface area contributed by atoms with E-state index in [1.807, 2.05) is 12.1 Å². The molecule has 0 aliphatic heterocycles. The largest absolute Gasteiger partial charge is 0.477 e. The first-order valence-corrected chi connectivity index (χ1v) is 6.49. The van der Waals surface area contributed by atoms with Gasteiger partial charge in [0.15, 0.2) is 5.69 Å². The molecule has 0 unspecified atom stereocenters. The predicted molar refractivity (Wildman–Crippen MR) is 76.9 cm³/mol. The molecule has 1 aromatic heterocycles. The standard InChI is InChI=1S/C15H17N3O2/c1-3-11-4-6-12(7-5-11)9-16-15-17-10(2)8-13(18-15)14(19)20/h4-8H,3,9H2,1-2H3,(H,19,20)(H,16,17,18). The maximum absolute atomic E-state index is 10.9. The molecule has 1 aromatic carbocycles. The Bertz CT molecular complexity index is 609. The topological polar surface area (TPSA) is 75.1 Å². The molecule has 0 spiro atoms. The summed E-state index contributed by atoms with van der Waals surface area (Å²) in [4.78, 5) is 19.1. The highest BCUT2D eigenvalue weighted by Gasteiger charge is 2.08. The molecule has 2 N–H and O–H groups in total. The van der Waals surface area contributed by atoms with Crippen molar-refractivity contribution in [3.05, 3.63) is 52.8 Å².